The average Bonchev–Trinajstić information content (AvgIpc) is 3.73. The number of hydrogen-bond donors (Lipinski definition) is 0. The number of allylic oxidation sites excluding steroid dienone is 1. The summed E-state index contributed by atoms with van der Waals surface area (Å²) >= 11 is 0. The smallest absolute Gasteiger partial charge is 0.218 e. The van der Waals surface area contributed by atoms with Gasteiger partial charge >= 0.3 is 0 Å². The van der Waals surface area contributed by atoms with Gasteiger partial charge in [-0.05, 0) is 72.5 Å². The molecule has 0 spiro atoms. The van der Waals surface area contributed by atoms with Crippen molar-refractivity contribution in [2.75, 3.05) is 0 Å². The number of aromatic nitrogens is 3. The SMILES string of the molecule is C=C1CC(CC)(CC)[n+]2cc(-c3ccccc3)ccc2-c2cc3c4cccc5c6ccccc6n(c3cc2CCc2ccccc2-c2cccc[n+]21)c54. The van der Waals surface area contributed by atoms with Gasteiger partial charge in [-0.3, -0.25) is 0 Å². The largest absolute Gasteiger partial charge is 0.308 e. The van der Waals surface area contributed by atoms with Crippen molar-refractivity contribution in [1.82, 2.24) is 4.40 Å². The molecule has 0 saturated heterocycles. The van der Waals surface area contributed by atoms with Crippen LogP contribution in [0, 0.1) is 0 Å². The second kappa shape index (κ2) is 12.3. The third kappa shape index (κ3) is 4.80. The molecule has 10 rings (SSSR count). The Morgan fingerprint density at radius 1 is 0.585 bits per heavy atom. The second-order valence-corrected chi connectivity index (χ2v) is 14.9. The predicted molar refractivity (Wildman–Crippen MR) is 220 cm³/mol. The zero-order valence-corrected chi connectivity index (χ0v) is 30.5. The number of fused-ring (bicyclic) bond motifs is 12. The lowest BCUT2D eigenvalue weighted by molar-refractivity contribution is -0.758. The molecule has 3 heteroatoms. The van der Waals surface area contributed by atoms with Crippen LogP contribution in [0.15, 0.2) is 158 Å². The number of para-hydroxylation sites is 2. The highest BCUT2D eigenvalue weighted by Crippen LogP contribution is 2.42. The van der Waals surface area contributed by atoms with E-state index in [-0.39, 0.29) is 5.54 Å². The van der Waals surface area contributed by atoms with Gasteiger partial charge in [-0.2, -0.15) is 9.13 Å². The Hall–Kier alpha value is -6.06. The molecule has 0 fully saturated rings. The molecule has 0 amide bonds. The van der Waals surface area contributed by atoms with Gasteiger partial charge < -0.3 is 4.40 Å². The van der Waals surface area contributed by atoms with Crippen molar-refractivity contribution < 1.29 is 9.13 Å². The minimum Gasteiger partial charge on any atom is -0.308 e. The first-order chi connectivity index (χ1) is 26.1. The Morgan fingerprint density at radius 2 is 1.30 bits per heavy atom. The standard InChI is InChI=1S/C50H43N3/c1-4-50(5-2)32-34(3)51-29-14-13-23-45(51)39-19-10-9-18-36(39)25-26-37-30-48-44(42-22-15-21-41-40-20-11-12-24-47(40)53(48)49(41)42)31-43(37)46-28-27-38(33-52(46)50)35-16-7-6-8-17-35/h6-24,27-31,33H,3-5,25-26,32H2,1-2H3/q+2. The third-order valence-corrected chi connectivity index (χ3v) is 12.3. The highest BCUT2D eigenvalue weighted by atomic mass is 15.1. The lowest BCUT2D eigenvalue weighted by atomic mass is 9.85. The van der Waals surface area contributed by atoms with E-state index >= 15 is 0 Å². The second-order valence-electron chi connectivity index (χ2n) is 14.9. The Kier molecular flexibility index (Phi) is 7.33. The first kappa shape index (κ1) is 31.7. The summed E-state index contributed by atoms with van der Waals surface area (Å²) in [5, 5.41) is 5.26. The van der Waals surface area contributed by atoms with E-state index in [9.17, 15) is 0 Å². The van der Waals surface area contributed by atoms with Crippen LogP contribution in [0.1, 0.15) is 44.2 Å². The van der Waals surface area contributed by atoms with Gasteiger partial charge in [-0.15, -0.1) is 0 Å². The molecule has 1 aliphatic heterocycles. The summed E-state index contributed by atoms with van der Waals surface area (Å²) in [6.07, 6.45) is 9.23. The van der Waals surface area contributed by atoms with E-state index in [0.29, 0.717) is 0 Å². The molecule has 0 bridgehead atoms. The Labute approximate surface area is 311 Å². The molecule has 3 nitrogen and oxygen atoms in total. The van der Waals surface area contributed by atoms with E-state index < -0.39 is 0 Å². The summed E-state index contributed by atoms with van der Waals surface area (Å²) in [4.78, 5) is 0. The molecule has 5 heterocycles. The first-order valence-electron chi connectivity index (χ1n) is 19.2. The fourth-order valence-corrected chi connectivity index (χ4v) is 9.46. The summed E-state index contributed by atoms with van der Waals surface area (Å²) < 4.78 is 7.51. The Morgan fingerprint density at radius 3 is 2.15 bits per heavy atom. The number of aryl methyl sites for hydroxylation is 2. The monoisotopic (exact) mass is 685 g/mol. The van der Waals surface area contributed by atoms with Gasteiger partial charge in [0.05, 0.1) is 28.5 Å². The van der Waals surface area contributed by atoms with E-state index in [1.165, 1.54) is 82.9 Å². The van der Waals surface area contributed by atoms with Gasteiger partial charge in [0.1, 0.15) is 0 Å². The zero-order chi connectivity index (χ0) is 35.7. The maximum absolute atomic E-state index is 4.83. The van der Waals surface area contributed by atoms with E-state index in [4.69, 9.17) is 6.58 Å². The number of nitrogens with zero attached hydrogens (tertiary/aromatic N) is 3. The van der Waals surface area contributed by atoms with Crippen molar-refractivity contribution in [3.63, 3.8) is 0 Å². The van der Waals surface area contributed by atoms with Crippen molar-refractivity contribution in [2.45, 2.75) is 51.5 Å². The van der Waals surface area contributed by atoms with Crippen LogP contribution >= 0.6 is 0 Å². The van der Waals surface area contributed by atoms with Crippen LogP contribution in [0.4, 0.5) is 0 Å². The Balaban J connectivity index is 1.32. The van der Waals surface area contributed by atoms with Crippen LogP contribution in [0.2, 0.25) is 0 Å². The minimum atomic E-state index is -0.220. The zero-order valence-electron chi connectivity index (χ0n) is 30.5. The van der Waals surface area contributed by atoms with Crippen LogP contribution in [-0.2, 0) is 18.4 Å². The van der Waals surface area contributed by atoms with E-state index in [1.807, 2.05) is 0 Å². The van der Waals surface area contributed by atoms with Gasteiger partial charge in [0, 0.05) is 63.7 Å². The normalized spacial score (nSPS) is 14.3. The maximum Gasteiger partial charge on any atom is 0.218 e. The lowest BCUT2D eigenvalue weighted by Gasteiger charge is -2.28. The molecule has 0 radical (unpaired) electrons. The molecule has 0 aliphatic carbocycles. The third-order valence-electron chi connectivity index (χ3n) is 12.3. The fraction of sp³-hybridized carbons (Fsp3) is 0.160. The molecule has 9 aromatic rings. The molecule has 256 valence electrons. The lowest BCUT2D eigenvalue weighted by Crippen LogP contribution is -2.58. The summed E-state index contributed by atoms with van der Waals surface area (Å²) in [6.45, 7) is 9.54. The summed E-state index contributed by atoms with van der Waals surface area (Å²) in [5.41, 5.74) is 15.0. The van der Waals surface area contributed by atoms with Crippen molar-refractivity contribution in [1.29, 1.82) is 0 Å². The average molecular weight is 686 g/mol. The van der Waals surface area contributed by atoms with Crippen molar-refractivity contribution in [3.8, 4) is 33.6 Å². The highest BCUT2D eigenvalue weighted by Gasteiger charge is 2.43. The van der Waals surface area contributed by atoms with Crippen LogP contribution < -0.4 is 9.13 Å². The molecular formula is C50H43N3+2. The summed E-state index contributed by atoms with van der Waals surface area (Å²) in [7, 11) is 0. The topological polar surface area (TPSA) is 12.2 Å². The number of pyridine rings is 2. The molecule has 53 heavy (non-hydrogen) atoms. The minimum absolute atomic E-state index is 0.220. The number of benzene rings is 5. The molecule has 5 aromatic carbocycles. The Bertz CT molecular complexity index is 2850. The van der Waals surface area contributed by atoms with Crippen molar-refractivity contribution in [3.05, 3.63) is 170 Å². The van der Waals surface area contributed by atoms with Crippen LogP contribution in [0.25, 0.3) is 77.4 Å². The van der Waals surface area contributed by atoms with Gasteiger partial charge in [-0.25, -0.2) is 0 Å². The molecular weight excluding hydrogens is 643 g/mol. The quantitative estimate of drug-likeness (QED) is 0.164. The van der Waals surface area contributed by atoms with Gasteiger partial charge in [0.2, 0.25) is 11.4 Å². The highest BCUT2D eigenvalue weighted by molar-refractivity contribution is 6.23. The number of hydrogen-bond acceptors (Lipinski definition) is 0. The van der Waals surface area contributed by atoms with Gasteiger partial charge in [-0.1, -0.05) is 98.8 Å². The van der Waals surface area contributed by atoms with Crippen LogP contribution in [-0.4, -0.2) is 4.40 Å². The molecule has 0 atom stereocenters. The fourth-order valence-electron chi connectivity index (χ4n) is 9.46. The van der Waals surface area contributed by atoms with Crippen LogP contribution in [0.5, 0.6) is 0 Å². The molecule has 4 aromatic heterocycles. The summed E-state index contributed by atoms with van der Waals surface area (Å²) in [5.74, 6) is 0. The van der Waals surface area contributed by atoms with Crippen LogP contribution in [0.3, 0.4) is 0 Å². The first-order valence-corrected chi connectivity index (χ1v) is 19.2. The van der Waals surface area contributed by atoms with Crippen molar-refractivity contribution in [2.24, 2.45) is 0 Å². The van der Waals surface area contributed by atoms with Crippen molar-refractivity contribution >= 4 is 43.8 Å². The number of rotatable bonds is 3. The molecule has 0 saturated carbocycles. The molecule has 0 unspecified atom stereocenters. The summed E-state index contributed by atoms with van der Waals surface area (Å²) in [6, 6.07) is 51.9. The van der Waals surface area contributed by atoms with Gasteiger partial charge in [0.25, 0.3) is 0 Å². The maximum atomic E-state index is 4.83. The molecule has 0 N–H and O–H groups in total. The van der Waals surface area contributed by atoms with E-state index in [1.54, 1.807) is 0 Å². The van der Waals surface area contributed by atoms with E-state index in [2.05, 4.69) is 179 Å². The van der Waals surface area contributed by atoms with E-state index in [0.717, 1.165) is 37.8 Å². The molecule has 1 aliphatic rings. The predicted octanol–water partition coefficient (Wildman–Crippen LogP) is 11.6. The van der Waals surface area contributed by atoms with Gasteiger partial charge in [0.15, 0.2) is 23.6 Å².